The Balaban J connectivity index is 1.47. The third kappa shape index (κ3) is 6.73. The van der Waals surface area contributed by atoms with Crippen molar-refractivity contribution in [2.75, 3.05) is 16.4 Å². The molecule has 0 aliphatic rings. The molecule has 1 aromatic heterocycles. The third-order valence-electron chi connectivity index (χ3n) is 4.04. The molecule has 5 nitrogen and oxygen atoms in total. The first-order chi connectivity index (χ1) is 13.9. The predicted octanol–water partition coefficient (Wildman–Crippen LogP) is 4.98. The van der Waals surface area contributed by atoms with Gasteiger partial charge >= 0.3 is 0 Å². The van der Waals surface area contributed by atoms with Gasteiger partial charge in [-0.2, -0.15) is 0 Å². The molecule has 0 saturated carbocycles. The van der Waals surface area contributed by atoms with Gasteiger partial charge in [-0.1, -0.05) is 35.5 Å². The minimum absolute atomic E-state index is 0.0804. The molecule has 7 heteroatoms. The van der Waals surface area contributed by atoms with Crippen molar-refractivity contribution in [1.82, 2.24) is 4.98 Å². The van der Waals surface area contributed by atoms with Crippen LogP contribution in [-0.4, -0.2) is 22.6 Å². The zero-order chi connectivity index (χ0) is 20.8. The number of aryl methyl sites for hydroxylation is 3. The van der Waals surface area contributed by atoms with Crippen molar-refractivity contribution in [2.45, 2.75) is 31.5 Å². The number of thiazole rings is 1. The van der Waals surface area contributed by atoms with Gasteiger partial charge < -0.3 is 10.6 Å². The number of aromatic nitrogens is 1. The minimum atomic E-state index is -0.103. The quantitative estimate of drug-likeness (QED) is 0.524. The molecule has 29 heavy (non-hydrogen) atoms. The molecule has 0 fully saturated rings. The van der Waals surface area contributed by atoms with E-state index >= 15 is 0 Å². The van der Waals surface area contributed by atoms with Gasteiger partial charge in [-0.3, -0.25) is 9.59 Å². The Morgan fingerprint density at radius 2 is 1.55 bits per heavy atom. The van der Waals surface area contributed by atoms with Crippen molar-refractivity contribution in [1.29, 1.82) is 0 Å². The minimum Gasteiger partial charge on any atom is -0.326 e. The fourth-order valence-electron chi connectivity index (χ4n) is 2.81. The van der Waals surface area contributed by atoms with Crippen LogP contribution < -0.4 is 10.6 Å². The van der Waals surface area contributed by atoms with E-state index in [-0.39, 0.29) is 24.0 Å². The van der Waals surface area contributed by atoms with Crippen LogP contribution in [0.4, 0.5) is 11.4 Å². The highest BCUT2D eigenvalue weighted by molar-refractivity contribution is 8.01. The van der Waals surface area contributed by atoms with E-state index in [1.165, 1.54) is 23.1 Å². The molecule has 0 bridgehead atoms. The summed E-state index contributed by atoms with van der Waals surface area (Å²) in [4.78, 5) is 28.8. The molecule has 2 N–H and O–H groups in total. The Hall–Kier alpha value is -2.64. The number of carbonyl (C=O) groups excluding carboxylic acids is 2. The van der Waals surface area contributed by atoms with E-state index in [1.807, 2.05) is 62.5 Å². The zero-order valence-corrected chi connectivity index (χ0v) is 18.2. The molecule has 0 saturated heterocycles. The number of hydrogen-bond donors (Lipinski definition) is 2. The number of nitrogens with zero attached hydrogens (tertiary/aromatic N) is 1. The second-order valence-electron chi connectivity index (χ2n) is 6.91. The molecular formula is C22H23N3O2S2. The van der Waals surface area contributed by atoms with Crippen molar-refractivity contribution in [3.8, 4) is 0 Å². The van der Waals surface area contributed by atoms with Gasteiger partial charge in [0.2, 0.25) is 11.8 Å². The number of amides is 2. The van der Waals surface area contributed by atoms with Crippen LogP contribution >= 0.6 is 23.1 Å². The number of rotatable bonds is 7. The maximum Gasteiger partial charge on any atom is 0.234 e. The fourth-order valence-corrected chi connectivity index (χ4v) is 4.46. The SMILES string of the molecule is Cc1ccc(NC(=O)CSc2nc(CC(=O)Nc3cc(C)cc(C)c3)cs2)cc1. The first-order valence-corrected chi connectivity index (χ1v) is 11.1. The summed E-state index contributed by atoms with van der Waals surface area (Å²) < 4.78 is 0.776. The molecule has 2 amide bonds. The predicted molar refractivity (Wildman–Crippen MR) is 121 cm³/mol. The van der Waals surface area contributed by atoms with Crippen LogP contribution in [0, 0.1) is 20.8 Å². The molecule has 0 aliphatic carbocycles. The third-order valence-corrected chi connectivity index (χ3v) is 6.11. The zero-order valence-electron chi connectivity index (χ0n) is 16.6. The van der Waals surface area contributed by atoms with Crippen molar-refractivity contribution < 1.29 is 9.59 Å². The molecule has 150 valence electrons. The summed E-state index contributed by atoms with van der Waals surface area (Å²) in [6, 6.07) is 13.6. The lowest BCUT2D eigenvalue weighted by molar-refractivity contribution is -0.116. The van der Waals surface area contributed by atoms with Gasteiger partial charge in [-0.05, 0) is 56.2 Å². The highest BCUT2D eigenvalue weighted by atomic mass is 32.2. The van der Waals surface area contributed by atoms with Gasteiger partial charge in [0.25, 0.3) is 0 Å². The number of thioether (sulfide) groups is 1. The average molecular weight is 426 g/mol. The highest BCUT2D eigenvalue weighted by Crippen LogP contribution is 2.23. The Morgan fingerprint density at radius 3 is 2.24 bits per heavy atom. The summed E-state index contributed by atoms with van der Waals surface area (Å²) in [6.45, 7) is 6.01. The van der Waals surface area contributed by atoms with E-state index in [1.54, 1.807) is 0 Å². The van der Waals surface area contributed by atoms with E-state index in [0.29, 0.717) is 5.69 Å². The van der Waals surface area contributed by atoms with Gasteiger partial charge in [0.1, 0.15) is 0 Å². The van der Waals surface area contributed by atoms with E-state index in [2.05, 4.69) is 21.7 Å². The van der Waals surface area contributed by atoms with Crippen LogP contribution in [0.5, 0.6) is 0 Å². The monoisotopic (exact) mass is 425 g/mol. The van der Waals surface area contributed by atoms with Gasteiger partial charge in [-0.25, -0.2) is 4.98 Å². The van der Waals surface area contributed by atoms with Crippen LogP contribution in [0.2, 0.25) is 0 Å². The number of anilines is 2. The first kappa shape index (κ1) is 21.1. The maximum absolute atomic E-state index is 12.3. The van der Waals surface area contributed by atoms with E-state index in [0.717, 1.165) is 32.4 Å². The number of carbonyl (C=O) groups is 2. The summed E-state index contributed by atoms with van der Waals surface area (Å²) in [5.74, 6) is 0.0902. The standard InChI is InChI=1S/C22H23N3O2S2/c1-14-4-6-17(7-5-14)23-21(27)13-29-22-25-19(12-28-22)11-20(26)24-18-9-15(2)8-16(3)10-18/h4-10,12H,11,13H2,1-3H3,(H,23,27)(H,24,26). The first-order valence-electron chi connectivity index (χ1n) is 9.19. The lowest BCUT2D eigenvalue weighted by atomic mass is 10.1. The van der Waals surface area contributed by atoms with Crippen molar-refractivity contribution in [2.24, 2.45) is 0 Å². The molecule has 0 atom stereocenters. The van der Waals surface area contributed by atoms with Crippen LogP contribution in [0.1, 0.15) is 22.4 Å². The molecule has 0 radical (unpaired) electrons. The smallest absolute Gasteiger partial charge is 0.234 e. The second kappa shape index (κ2) is 9.71. The highest BCUT2D eigenvalue weighted by Gasteiger charge is 2.11. The molecular weight excluding hydrogens is 402 g/mol. The Labute approximate surface area is 179 Å². The fraction of sp³-hybridized carbons (Fsp3) is 0.227. The van der Waals surface area contributed by atoms with Crippen molar-refractivity contribution >= 4 is 46.3 Å². The van der Waals surface area contributed by atoms with Gasteiger partial charge in [-0.15, -0.1) is 11.3 Å². The molecule has 0 aliphatic heterocycles. The number of hydrogen-bond acceptors (Lipinski definition) is 5. The lowest BCUT2D eigenvalue weighted by Crippen LogP contribution is -2.15. The number of benzene rings is 2. The van der Waals surface area contributed by atoms with Crippen molar-refractivity contribution in [3.05, 3.63) is 70.2 Å². The average Bonchev–Trinajstić information content (AvgIpc) is 3.08. The van der Waals surface area contributed by atoms with Crippen LogP contribution in [0.25, 0.3) is 0 Å². The van der Waals surface area contributed by atoms with Gasteiger partial charge in [0.15, 0.2) is 4.34 Å². The van der Waals surface area contributed by atoms with Gasteiger partial charge in [0.05, 0.1) is 17.9 Å². The van der Waals surface area contributed by atoms with Crippen LogP contribution in [-0.2, 0) is 16.0 Å². The van der Waals surface area contributed by atoms with Crippen LogP contribution in [0.15, 0.2) is 52.2 Å². The Morgan fingerprint density at radius 1 is 0.897 bits per heavy atom. The summed E-state index contributed by atoms with van der Waals surface area (Å²) in [7, 11) is 0. The van der Waals surface area contributed by atoms with E-state index in [9.17, 15) is 9.59 Å². The topological polar surface area (TPSA) is 71.1 Å². The molecule has 3 rings (SSSR count). The molecule has 1 heterocycles. The molecule has 3 aromatic rings. The summed E-state index contributed by atoms with van der Waals surface area (Å²) in [6.07, 6.45) is 0.208. The van der Waals surface area contributed by atoms with E-state index < -0.39 is 0 Å². The van der Waals surface area contributed by atoms with Crippen LogP contribution in [0.3, 0.4) is 0 Å². The van der Waals surface area contributed by atoms with Gasteiger partial charge in [0, 0.05) is 16.8 Å². The normalized spacial score (nSPS) is 10.6. The lowest BCUT2D eigenvalue weighted by Gasteiger charge is -2.06. The van der Waals surface area contributed by atoms with E-state index in [4.69, 9.17) is 0 Å². The second-order valence-corrected chi connectivity index (χ2v) is 8.99. The summed E-state index contributed by atoms with van der Waals surface area (Å²) in [5, 5.41) is 7.65. The Bertz CT molecular complexity index is 993. The Kier molecular flexibility index (Phi) is 7.06. The molecule has 2 aromatic carbocycles. The maximum atomic E-state index is 12.3. The summed E-state index contributed by atoms with van der Waals surface area (Å²) in [5.41, 5.74) is 5.65. The number of nitrogens with one attached hydrogen (secondary N) is 2. The molecule has 0 unspecified atom stereocenters. The van der Waals surface area contributed by atoms with Crippen molar-refractivity contribution in [3.63, 3.8) is 0 Å². The largest absolute Gasteiger partial charge is 0.326 e. The molecule has 0 spiro atoms. The summed E-state index contributed by atoms with van der Waals surface area (Å²) >= 11 is 2.82.